The van der Waals surface area contributed by atoms with Crippen molar-refractivity contribution in [3.8, 4) is 0 Å². The summed E-state index contributed by atoms with van der Waals surface area (Å²) in [6.45, 7) is 6.26. The zero-order valence-corrected chi connectivity index (χ0v) is 14.6. The molecule has 0 saturated heterocycles. The first-order valence-electron chi connectivity index (χ1n) is 8.63. The van der Waals surface area contributed by atoms with Crippen LogP contribution in [0.25, 0.3) is 11.0 Å². The number of primary amides is 1. The highest BCUT2D eigenvalue weighted by Crippen LogP contribution is 2.29. The third-order valence-electron chi connectivity index (χ3n) is 4.70. The van der Waals surface area contributed by atoms with Crippen molar-refractivity contribution in [2.24, 2.45) is 11.7 Å². The van der Waals surface area contributed by atoms with Crippen LogP contribution in [0, 0.1) is 5.92 Å². The Labute approximate surface area is 142 Å². The Balaban J connectivity index is 1.94. The van der Waals surface area contributed by atoms with Gasteiger partial charge in [0.15, 0.2) is 5.65 Å². The second-order valence-corrected chi connectivity index (χ2v) is 7.58. The predicted molar refractivity (Wildman–Crippen MR) is 93.5 cm³/mol. The van der Waals surface area contributed by atoms with Crippen molar-refractivity contribution in [1.29, 1.82) is 0 Å². The summed E-state index contributed by atoms with van der Waals surface area (Å²) in [4.78, 5) is 20.6. The number of carbonyl (C=O) groups excluding carboxylic acids is 1. The third kappa shape index (κ3) is 3.20. The zero-order valence-electron chi connectivity index (χ0n) is 14.6. The minimum absolute atomic E-state index is 0.0149. The molecule has 2 aromatic heterocycles. The summed E-state index contributed by atoms with van der Waals surface area (Å²) < 4.78 is 1.90. The van der Waals surface area contributed by atoms with Gasteiger partial charge in [-0.05, 0) is 33.6 Å². The van der Waals surface area contributed by atoms with E-state index in [-0.39, 0.29) is 23.4 Å². The van der Waals surface area contributed by atoms with Gasteiger partial charge in [0.05, 0.1) is 23.0 Å². The average Bonchev–Trinajstić information content (AvgIpc) is 2.82. The fourth-order valence-electron chi connectivity index (χ4n) is 3.45. The number of amides is 1. The molecule has 1 aliphatic rings. The standard InChI is InChI=1S/C17H26N6O/c1-17(2,3)23-16-12(9-21-23)15(19-10-20-16)22-13-8-6-4-5-7-11(13)14(18)24/h9-11,13H,4-8H2,1-3H3,(H2,18,24)(H,19,20,22). The summed E-state index contributed by atoms with van der Waals surface area (Å²) in [5.41, 5.74) is 6.26. The Kier molecular flexibility index (Phi) is 4.43. The van der Waals surface area contributed by atoms with Gasteiger partial charge in [-0.25, -0.2) is 14.6 Å². The maximum absolute atomic E-state index is 11.8. The van der Waals surface area contributed by atoms with Gasteiger partial charge in [-0.15, -0.1) is 0 Å². The van der Waals surface area contributed by atoms with Crippen LogP contribution < -0.4 is 11.1 Å². The molecule has 2 aromatic rings. The molecule has 1 fully saturated rings. The summed E-state index contributed by atoms with van der Waals surface area (Å²) >= 11 is 0. The van der Waals surface area contributed by atoms with Gasteiger partial charge in [0.25, 0.3) is 0 Å². The minimum atomic E-state index is -0.231. The minimum Gasteiger partial charge on any atom is -0.369 e. The van der Waals surface area contributed by atoms with E-state index >= 15 is 0 Å². The lowest BCUT2D eigenvalue weighted by Gasteiger charge is -2.24. The molecule has 0 aromatic carbocycles. The van der Waals surface area contributed by atoms with Crippen LogP contribution >= 0.6 is 0 Å². The molecular weight excluding hydrogens is 304 g/mol. The van der Waals surface area contributed by atoms with Crippen LogP contribution in [0.4, 0.5) is 5.82 Å². The molecule has 130 valence electrons. The molecule has 1 saturated carbocycles. The summed E-state index contributed by atoms with van der Waals surface area (Å²) in [7, 11) is 0. The highest BCUT2D eigenvalue weighted by atomic mass is 16.1. The number of fused-ring (bicyclic) bond motifs is 1. The van der Waals surface area contributed by atoms with E-state index < -0.39 is 0 Å². The van der Waals surface area contributed by atoms with E-state index in [1.54, 1.807) is 12.5 Å². The number of carbonyl (C=O) groups is 1. The Morgan fingerprint density at radius 3 is 2.71 bits per heavy atom. The zero-order chi connectivity index (χ0) is 17.3. The Bertz CT molecular complexity index is 732. The first kappa shape index (κ1) is 16.7. The van der Waals surface area contributed by atoms with Crippen molar-refractivity contribution in [2.75, 3.05) is 5.32 Å². The molecule has 3 N–H and O–H groups in total. The highest BCUT2D eigenvalue weighted by Gasteiger charge is 2.29. The number of hydrogen-bond donors (Lipinski definition) is 2. The molecule has 0 radical (unpaired) electrons. The first-order valence-corrected chi connectivity index (χ1v) is 8.63. The normalized spacial score (nSPS) is 22.3. The van der Waals surface area contributed by atoms with Gasteiger partial charge in [0, 0.05) is 6.04 Å². The van der Waals surface area contributed by atoms with Gasteiger partial charge >= 0.3 is 0 Å². The number of anilines is 1. The second kappa shape index (κ2) is 6.37. The number of aromatic nitrogens is 4. The fraction of sp³-hybridized carbons (Fsp3) is 0.647. The van der Waals surface area contributed by atoms with E-state index in [2.05, 4.69) is 41.2 Å². The molecule has 24 heavy (non-hydrogen) atoms. The maximum atomic E-state index is 11.8. The largest absolute Gasteiger partial charge is 0.369 e. The lowest BCUT2D eigenvalue weighted by Crippen LogP contribution is -2.37. The quantitative estimate of drug-likeness (QED) is 0.842. The molecule has 1 aliphatic carbocycles. The smallest absolute Gasteiger partial charge is 0.222 e. The molecule has 2 atom stereocenters. The van der Waals surface area contributed by atoms with Crippen molar-refractivity contribution < 1.29 is 4.79 Å². The van der Waals surface area contributed by atoms with Crippen LogP contribution in [-0.4, -0.2) is 31.7 Å². The molecule has 7 nitrogen and oxygen atoms in total. The fourth-order valence-corrected chi connectivity index (χ4v) is 3.45. The Morgan fingerprint density at radius 1 is 1.25 bits per heavy atom. The van der Waals surface area contributed by atoms with Crippen molar-refractivity contribution in [3.05, 3.63) is 12.5 Å². The van der Waals surface area contributed by atoms with Crippen molar-refractivity contribution in [2.45, 2.75) is 64.5 Å². The van der Waals surface area contributed by atoms with E-state index in [0.29, 0.717) is 0 Å². The van der Waals surface area contributed by atoms with Gasteiger partial charge < -0.3 is 11.1 Å². The van der Waals surface area contributed by atoms with E-state index in [1.807, 2.05) is 4.68 Å². The molecule has 7 heteroatoms. The van der Waals surface area contributed by atoms with Gasteiger partial charge in [-0.1, -0.05) is 19.3 Å². The van der Waals surface area contributed by atoms with Crippen LogP contribution in [0.5, 0.6) is 0 Å². The molecule has 2 unspecified atom stereocenters. The van der Waals surface area contributed by atoms with Crippen LogP contribution in [0.3, 0.4) is 0 Å². The SMILES string of the molecule is CC(C)(C)n1ncc2c(NC3CCCCCC3C(N)=O)ncnc21. The van der Waals surface area contributed by atoms with Crippen LogP contribution in [0.2, 0.25) is 0 Å². The summed E-state index contributed by atoms with van der Waals surface area (Å²) in [6.07, 6.45) is 8.38. The molecular formula is C17H26N6O. The van der Waals surface area contributed by atoms with E-state index in [1.165, 1.54) is 0 Å². The van der Waals surface area contributed by atoms with E-state index in [0.717, 1.165) is 49.0 Å². The lowest BCUT2D eigenvalue weighted by atomic mass is 9.94. The number of nitrogens with one attached hydrogen (secondary N) is 1. The van der Waals surface area contributed by atoms with Crippen molar-refractivity contribution in [3.63, 3.8) is 0 Å². The monoisotopic (exact) mass is 330 g/mol. The van der Waals surface area contributed by atoms with Gasteiger partial charge in [-0.3, -0.25) is 4.79 Å². The third-order valence-corrected chi connectivity index (χ3v) is 4.70. The van der Waals surface area contributed by atoms with Gasteiger partial charge in [0.1, 0.15) is 12.1 Å². The molecule has 0 aliphatic heterocycles. The molecule has 3 rings (SSSR count). The van der Waals surface area contributed by atoms with Crippen molar-refractivity contribution >= 4 is 22.8 Å². The highest BCUT2D eigenvalue weighted by molar-refractivity contribution is 5.87. The number of nitrogens with two attached hydrogens (primary N) is 1. The van der Waals surface area contributed by atoms with Gasteiger partial charge in [0.2, 0.25) is 5.91 Å². The number of hydrogen-bond acceptors (Lipinski definition) is 5. The molecule has 0 spiro atoms. The summed E-state index contributed by atoms with van der Waals surface area (Å²) in [6, 6.07) is 0.0149. The lowest BCUT2D eigenvalue weighted by molar-refractivity contribution is -0.122. The molecule has 0 bridgehead atoms. The molecule has 2 heterocycles. The number of rotatable bonds is 3. The number of nitrogens with zero attached hydrogens (tertiary/aromatic N) is 4. The predicted octanol–water partition coefficient (Wildman–Crippen LogP) is 2.43. The summed E-state index contributed by atoms with van der Waals surface area (Å²) in [5.74, 6) is 0.342. The first-order chi connectivity index (χ1) is 11.4. The summed E-state index contributed by atoms with van der Waals surface area (Å²) in [5, 5.41) is 8.81. The van der Waals surface area contributed by atoms with Crippen LogP contribution in [0.15, 0.2) is 12.5 Å². The van der Waals surface area contributed by atoms with E-state index in [4.69, 9.17) is 5.73 Å². The van der Waals surface area contributed by atoms with Gasteiger partial charge in [-0.2, -0.15) is 5.10 Å². The van der Waals surface area contributed by atoms with Crippen molar-refractivity contribution in [1.82, 2.24) is 19.7 Å². The Hall–Kier alpha value is -2.18. The van der Waals surface area contributed by atoms with Crippen LogP contribution in [0.1, 0.15) is 52.9 Å². The average molecular weight is 330 g/mol. The topological polar surface area (TPSA) is 98.7 Å². The second-order valence-electron chi connectivity index (χ2n) is 7.58. The van der Waals surface area contributed by atoms with Crippen LogP contribution in [-0.2, 0) is 10.3 Å². The maximum Gasteiger partial charge on any atom is 0.222 e. The Morgan fingerprint density at radius 2 is 2.00 bits per heavy atom. The van der Waals surface area contributed by atoms with E-state index in [9.17, 15) is 4.79 Å². The molecule has 1 amide bonds.